The molecule has 38 heavy (non-hydrogen) atoms. The van der Waals surface area contributed by atoms with Crippen molar-refractivity contribution in [1.29, 1.82) is 0 Å². The van der Waals surface area contributed by atoms with Crippen molar-refractivity contribution in [2.24, 2.45) is 5.41 Å². The van der Waals surface area contributed by atoms with Crippen LogP contribution in [0.25, 0.3) is 0 Å². The fourth-order valence-electron chi connectivity index (χ4n) is 3.18. The number of aromatic amines is 1. The largest absolute Gasteiger partial charge is 0.405 e. The van der Waals surface area contributed by atoms with E-state index in [1.54, 1.807) is 32.7 Å². The number of thioether (sulfide) groups is 1. The average molecular weight is 606 g/mol. The summed E-state index contributed by atoms with van der Waals surface area (Å²) < 4.78 is 64.8. The Morgan fingerprint density at radius 3 is 2.63 bits per heavy atom. The Bertz CT molecular complexity index is 1130. The summed E-state index contributed by atoms with van der Waals surface area (Å²) in [5.41, 5.74) is -2.95. The molecule has 16 heteroatoms. The molecule has 2 heterocycles. The Morgan fingerprint density at radius 1 is 1.37 bits per heavy atom. The summed E-state index contributed by atoms with van der Waals surface area (Å²) in [5, 5.41) is 0.0135. The van der Waals surface area contributed by atoms with Gasteiger partial charge in [0.25, 0.3) is 5.56 Å². The predicted molar refractivity (Wildman–Crippen MR) is 140 cm³/mol. The molecule has 0 amide bonds. The number of carbonyl (C=O) groups excluding carboxylic acids is 1. The van der Waals surface area contributed by atoms with Crippen LogP contribution in [0.4, 0.5) is 8.78 Å². The fourth-order valence-corrected chi connectivity index (χ4v) is 5.95. The number of ether oxygens (including phenoxy) is 2. The lowest BCUT2D eigenvalue weighted by Gasteiger charge is -2.25. The van der Waals surface area contributed by atoms with Crippen molar-refractivity contribution in [3.8, 4) is 0 Å². The van der Waals surface area contributed by atoms with Crippen LogP contribution in [0.3, 0.4) is 0 Å². The number of nitrogens with zero attached hydrogens (tertiary/aromatic N) is 1. The molecule has 218 valence electrons. The molecule has 1 aliphatic heterocycles. The highest BCUT2D eigenvalue weighted by Crippen LogP contribution is 2.48. The number of rotatable bonds is 13. The maximum Gasteiger partial charge on any atom is 0.405 e. The Kier molecular flexibility index (Phi) is 11.7. The third-order valence-electron chi connectivity index (χ3n) is 5.04. The van der Waals surface area contributed by atoms with E-state index in [4.69, 9.17) is 30.1 Å². The number of nitrogens with one attached hydrogen (secondary N) is 2. The lowest BCUT2D eigenvalue weighted by molar-refractivity contribution is -0.117. The molecular formula is C22H35ClF2N3O8PS. The van der Waals surface area contributed by atoms with Crippen LogP contribution < -0.4 is 16.3 Å². The van der Waals surface area contributed by atoms with E-state index in [0.717, 1.165) is 11.8 Å². The van der Waals surface area contributed by atoms with E-state index < -0.39 is 66.8 Å². The zero-order chi connectivity index (χ0) is 28.9. The Labute approximate surface area is 228 Å². The number of carbonyl (C=O) groups is 1. The normalized spacial score (nSPS) is 24.5. The number of hydrogen-bond donors (Lipinski definition) is 2. The summed E-state index contributed by atoms with van der Waals surface area (Å²) in [4.78, 5) is 37.2. The van der Waals surface area contributed by atoms with Gasteiger partial charge in [0.05, 0.1) is 38.2 Å². The molecule has 1 aromatic rings. The summed E-state index contributed by atoms with van der Waals surface area (Å²) in [6, 6.07) is -0.472. The highest BCUT2D eigenvalue weighted by molar-refractivity contribution is 8.13. The average Bonchev–Trinajstić information content (AvgIpc) is 3.09. The van der Waals surface area contributed by atoms with Crippen LogP contribution in [0.1, 0.15) is 54.2 Å². The second kappa shape index (κ2) is 13.5. The third-order valence-corrected chi connectivity index (χ3v) is 8.39. The lowest BCUT2D eigenvalue weighted by Crippen LogP contribution is -2.38. The van der Waals surface area contributed by atoms with Crippen molar-refractivity contribution in [3.05, 3.63) is 32.9 Å². The zero-order valence-corrected chi connectivity index (χ0v) is 24.6. The van der Waals surface area contributed by atoms with Gasteiger partial charge < -0.3 is 9.47 Å². The number of halogens is 3. The van der Waals surface area contributed by atoms with E-state index in [9.17, 15) is 23.3 Å². The van der Waals surface area contributed by atoms with Crippen molar-refractivity contribution >= 4 is 36.2 Å². The van der Waals surface area contributed by atoms with Gasteiger partial charge in [0.15, 0.2) is 11.3 Å². The van der Waals surface area contributed by atoms with E-state index in [-0.39, 0.29) is 30.2 Å². The van der Waals surface area contributed by atoms with Crippen LogP contribution in [0.2, 0.25) is 0 Å². The minimum Gasteiger partial charge on any atom is -0.377 e. The quantitative estimate of drug-likeness (QED) is 0.194. The van der Waals surface area contributed by atoms with E-state index >= 15 is 4.39 Å². The topological polar surface area (TPSA) is 138 Å². The summed E-state index contributed by atoms with van der Waals surface area (Å²) in [7, 11) is -4.02. The van der Waals surface area contributed by atoms with Gasteiger partial charge in [0.2, 0.25) is 10.9 Å². The van der Waals surface area contributed by atoms with Gasteiger partial charge in [0, 0.05) is 23.6 Å². The Hall–Kier alpha value is -1.12. The lowest BCUT2D eigenvalue weighted by atomic mass is 10.00. The van der Waals surface area contributed by atoms with Gasteiger partial charge >= 0.3 is 13.4 Å². The maximum atomic E-state index is 15.1. The molecule has 1 fully saturated rings. The molecule has 5 unspecified atom stereocenters. The standard InChI is InChI=1S/C22H35ClF2N3O8PS/c1-13(2)33-11-14(3)27-37(32,34-7-8-38-19(30)21(4,5)6)35-12-15-9-22(23,25)18(36-15)28-10-16(24)17(29)26-20(28)31/h10,13-15,18H,7-9,11-12H2,1-6H3,(H,27,32)(H,26,29,31). The highest BCUT2D eigenvalue weighted by Gasteiger charge is 2.50. The van der Waals surface area contributed by atoms with Crippen LogP contribution in [-0.4, -0.2) is 63.6 Å². The van der Waals surface area contributed by atoms with Gasteiger partial charge in [0.1, 0.15) is 0 Å². The first-order chi connectivity index (χ1) is 17.4. The van der Waals surface area contributed by atoms with E-state index in [0.29, 0.717) is 10.8 Å². The van der Waals surface area contributed by atoms with Crippen molar-refractivity contribution in [2.45, 2.75) is 77.6 Å². The summed E-state index contributed by atoms with van der Waals surface area (Å²) in [5.74, 6) is -1.12. The summed E-state index contributed by atoms with van der Waals surface area (Å²) in [6.07, 6.45) is -2.99. The minimum absolute atomic E-state index is 0.0655. The first kappa shape index (κ1) is 33.1. The molecule has 0 radical (unpaired) electrons. The van der Waals surface area contributed by atoms with Gasteiger partial charge in [-0.2, -0.15) is 4.39 Å². The van der Waals surface area contributed by atoms with Crippen LogP contribution in [0.5, 0.6) is 0 Å². The second-order valence-corrected chi connectivity index (χ2v) is 13.6. The number of alkyl halides is 2. The monoisotopic (exact) mass is 605 g/mol. The molecule has 2 N–H and O–H groups in total. The smallest absolute Gasteiger partial charge is 0.377 e. The molecule has 5 atom stereocenters. The number of aromatic nitrogens is 2. The van der Waals surface area contributed by atoms with E-state index in [1.165, 1.54) is 0 Å². The van der Waals surface area contributed by atoms with Gasteiger partial charge in [-0.15, -0.1) is 0 Å². The molecule has 0 spiro atoms. The van der Waals surface area contributed by atoms with Gasteiger partial charge in [-0.3, -0.25) is 28.2 Å². The van der Waals surface area contributed by atoms with Crippen molar-refractivity contribution in [2.75, 3.05) is 25.6 Å². The molecule has 11 nitrogen and oxygen atoms in total. The van der Waals surface area contributed by atoms with E-state index in [2.05, 4.69) is 5.09 Å². The molecule has 1 aromatic heterocycles. The first-order valence-electron chi connectivity index (χ1n) is 11.9. The van der Waals surface area contributed by atoms with Gasteiger partial charge in [-0.05, 0) is 20.8 Å². The van der Waals surface area contributed by atoms with Gasteiger partial charge in [-0.25, -0.2) is 18.8 Å². The molecule has 2 rings (SSSR count). The SMILES string of the molecule is CC(COC(C)C)NP(=O)(OCCSC(=O)C(C)(C)C)OCC1CC(F)(Cl)C(n2cc(F)c(=O)[nH]c2=O)O1. The third kappa shape index (κ3) is 9.81. The summed E-state index contributed by atoms with van der Waals surface area (Å²) in [6.45, 7) is 10.3. The van der Waals surface area contributed by atoms with E-state index in [1.807, 2.05) is 13.8 Å². The predicted octanol–water partition coefficient (Wildman–Crippen LogP) is 3.72. The van der Waals surface area contributed by atoms with Crippen LogP contribution >= 0.6 is 31.1 Å². The molecule has 0 saturated carbocycles. The van der Waals surface area contributed by atoms with Crippen LogP contribution in [0, 0.1) is 11.2 Å². The second-order valence-electron chi connectivity index (χ2n) is 10.1. The molecular weight excluding hydrogens is 571 g/mol. The van der Waals surface area contributed by atoms with Crippen LogP contribution in [0.15, 0.2) is 15.8 Å². The Morgan fingerprint density at radius 2 is 2.03 bits per heavy atom. The fraction of sp³-hybridized carbons (Fsp3) is 0.773. The number of H-pyrrole nitrogens is 1. The minimum atomic E-state index is -4.02. The molecule has 0 bridgehead atoms. The molecule has 1 saturated heterocycles. The molecule has 0 aromatic carbocycles. The zero-order valence-electron chi connectivity index (χ0n) is 22.1. The van der Waals surface area contributed by atoms with Crippen molar-refractivity contribution in [1.82, 2.24) is 14.6 Å². The molecule has 0 aliphatic carbocycles. The van der Waals surface area contributed by atoms with Crippen LogP contribution in [-0.2, 0) is 27.9 Å². The maximum absolute atomic E-state index is 15.1. The number of hydrogen-bond acceptors (Lipinski definition) is 9. The molecule has 1 aliphatic rings. The summed E-state index contributed by atoms with van der Waals surface area (Å²) >= 11 is 6.94. The van der Waals surface area contributed by atoms with Crippen molar-refractivity contribution < 1.29 is 36.7 Å². The highest BCUT2D eigenvalue weighted by atomic mass is 35.5. The Balaban J connectivity index is 2.09. The van der Waals surface area contributed by atoms with Crippen molar-refractivity contribution in [3.63, 3.8) is 0 Å². The first-order valence-corrected chi connectivity index (χ1v) is 14.8. The van der Waals surface area contributed by atoms with Gasteiger partial charge in [-0.1, -0.05) is 44.1 Å².